The third-order valence-electron chi connectivity index (χ3n) is 10.1. The Morgan fingerprint density at radius 1 is 0.429 bits per heavy atom. The average molecular weight is 735 g/mol. The summed E-state index contributed by atoms with van der Waals surface area (Å²) < 4.78 is 0. The van der Waals surface area contributed by atoms with Crippen LogP contribution in [-0.2, 0) is 17.1 Å². The van der Waals surface area contributed by atoms with Crippen molar-refractivity contribution in [3.05, 3.63) is 132 Å². The second-order valence-electron chi connectivity index (χ2n) is 14.8. The van der Waals surface area contributed by atoms with E-state index in [0.717, 1.165) is 0 Å². The van der Waals surface area contributed by atoms with Gasteiger partial charge < -0.3 is 14.9 Å². The molecule has 0 aromatic heterocycles. The minimum atomic E-state index is -0.492. The molecule has 2 saturated carbocycles. The number of hydrogen-bond donors (Lipinski definition) is 0. The molecular weight excluding hydrogens is 670 g/mol. The predicted molar refractivity (Wildman–Crippen MR) is 223 cm³/mol. The monoisotopic (exact) mass is 734 g/mol. The summed E-state index contributed by atoms with van der Waals surface area (Å²) in [6.07, 6.45) is 11.5. The van der Waals surface area contributed by atoms with Gasteiger partial charge in [-0.25, -0.2) is 0 Å². The molecule has 3 unspecified atom stereocenters. The standard InChI is InChI=1S/C39H48P2.C5H10.2CH3.Fe/c1-25-13-26(2)18-34(17-25)40(35-19-27(3)14-28(4)20-35)33(9)38-11-10-12-39(38)41(36-21-29(5)15-30(6)22-36)37-23-31(7)16-32(8)24-37;1-2-4-5-3-1;;;/h13-24,33,38-39H,10-12H2,1-9H3;1-5H2;2*1H3;/q;;2*-1;+2. The molecule has 0 heterocycles. The molecule has 0 N–H and O–H groups in total. The molecule has 0 nitrogen and oxygen atoms in total. The Morgan fingerprint density at radius 2 is 0.714 bits per heavy atom. The first-order valence-electron chi connectivity index (χ1n) is 17.9. The van der Waals surface area contributed by atoms with Crippen molar-refractivity contribution in [1.82, 2.24) is 0 Å². The smallest absolute Gasteiger partial charge is 0.358 e. The third kappa shape index (κ3) is 11.4. The molecule has 3 atom stereocenters. The fourth-order valence-electron chi connectivity index (χ4n) is 8.44. The largest absolute Gasteiger partial charge is 2.00 e. The minimum Gasteiger partial charge on any atom is -0.358 e. The van der Waals surface area contributed by atoms with Crippen LogP contribution in [-0.4, -0.2) is 11.3 Å². The Bertz CT molecular complexity index is 1440. The van der Waals surface area contributed by atoms with Gasteiger partial charge in [0, 0.05) is 0 Å². The second-order valence-corrected chi connectivity index (χ2v) is 19.8. The first kappa shape index (κ1) is 43.4. The Labute approximate surface area is 315 Å². The topological polar surface area (TPSA) is 0 Å². The molecule has 0 saturated heterocycles. The van der Waals surface area contributed by atoms with Crippen molar-refractivity contribution >= 4 is 37.1 Å². The number of aryl methyl sites for hydroxylation is 8. The summed E-state index contributed by atoms with van der Waals surface area (Å²) in [5.74, 6) is 0.704. The first-order valence-corrected chi connectivity index (χ1v) is 20.7. The number of hydrogen-bond acceptors (Lipinski definition) is 0. The molecule has 2 fully saturated rings. The van der Waals surface area contributed by atoms with Crippen LogP contribution in [0.1, 0.15) is 103 Å². The van der Waals surface area contributed by atoms with E-state index in [0.29, 0.717) is 17.2 Å². The third-order valence-corrected chi connectivity index (χ3v) is 15.8. The molecule has 4 aromatic rings. The van der Waals surface area contributed by atoms with E-state index in [-0.39, 0.29) is 31.9 Å². The van der Waals surface area contributed by atoms with Crippen LogP contribution in [0.3, 0.4) is 0 Å². The maximum Gasteiger partial charge on any atom is 2.00 e. The Hall–Kier alpha value is -1.74. The summed E-state index contributed by atoms with van der Waals surface area (Å²) >= 11 is 0. The van der Waals surface area contributed by atoms with Crippen LogP contribution in [0.2, 0.25) is 0 Å². The van der Waals surface area contributed by atoms with Crippen LogP contribution in [0.4, 0.5) is 0 Å². The van der Waals surface area contributed by atoms with E-state index in [4.69, 9.17) is 0 Å². The van der Waals surface area contributed by atoms with Crippen molar-refractivity contribution < 1.29 is 17.1 Å². The second kappa shape index (κ2) is 19.8. The van der Waals surface area contributed by atoms with Crippen molar-refractivity contribution in [2.24, 2.45) is 5.92 Å². The van der Waals surface area contributed by atoms with Gasteiger partial charge in [-0.3, -0.25) is 0 Å². The van der Waals surface area contributed by atoms with Gasteiger partial charge in [0.15, 0.2) is 0 Å². The van der Waals surface area contributed by atoms with Gasteiger partial charge in [-0.1, -0.05) is 163 Å². The molecule has 0 aliphatic heterocycles. The van der Waals surface area contributed by atoms with Crippen molar-refractivity contribution in [1.29, 1.82) is 0 Å². The molecular formula is C46H64FeP2. The molecule has 2 aliphatic rings. The Kier molecular flexibility index (Phi) is 17.5. The molecule has 0 bridgehead atoms. The van der Waals surface area contributed by atoms with Crippen molar-refractivity contribution in [2.45, 2.75) is 125 Å². The fourth-order valence-corrected chi connectivity index (χ4v) is 15.6. The van der Waals surface area contributed by atoms with Crippen LogP contribution in [0.25, 0.3) is 0 Å². The SMILES string of the molecule is C1CCCC1.Cc1cc(C)cc(P(c2cc(C)cc(C)c2)C(C)C2CCCC2P(c2cc(C)cc(C)c2)c2cc(C)cc(C)c2)c1.[CH3-].[CH3-].[Fe+2]. The maximum atomic E-state index is 2.61. The molecule has 0 amide bonds. The molecule has 6 rings (SSSR count). The summed E-state index contributed by atoms with van der Waals surface area (Å²) in [5, 5.41) is 6.27. The minimum absolute atomic E-state index is 0. The molecule has 4 aromatic carbocycles. The zero-order valence-electron chi connectivity index (χ0n) is 32.6. The van der Waals surface area contributed by atoms with Gasteiger partial charge in [0.25, 0.3) is 0 Å². The van der Waals surface area contributed by atoms with Gasteiger partial charge in [0.2, 0.25) is 0 Å². The Balaban J connectivity index is 0.000000956. The van der Waals surface area contributed by atoms with Crippen LogP contribution in [0, 0.1) is 76.2 Å². The van der Waals surface area contributed by atoms with Gasteiger partial charge in [-0.15, -0.1) is 0 Å². The van der Waals surface area contributed by atoms with Crippen molar-refractivity contribution in [3.63, 3.8) is 0 Å². The molecule has 0 spiro atoms. The summed E-state index contributed by atoms with van der Waals surface area (Å²) in [5.41, 5.74) is 12.4. The molecule has 49 heavy (non-hydrogen) atoms. The normalized spacial score (nSPS) is 17.4. The van der Waals surface area contributed by atoms with Crippen molar-refractivity contribution in [3.8, 4) is 0 Å². The van der Waals surface area contributed by atoms with E-state index in [2.05, 4.69) is 135 Å². The molecule has 0 radical (unpaired) electrons. The van der Waals surface area contributed by atoms with Gasteiger partial charge in [0.05, 0.1) is 0 Å². The molecule has 2 aliphatic carbocycles. The summed E-state index contributed by atoms with van der Waals surface area (Å²) in [7, 11) is -0.957. The maximum absolute atomic E-state index is 2.61. The fraction of sp³-hybridized carbons (Fsp3) is 0.435. The van der Waals surface area contributed by atoms with Gasteiger partial charge >= 0.3 is 17.1 Å². The summed E-state index contributed by atoms with van der Waals surface area (Å²) in [6, 6.07) is 29.4. The van der Waals surface area contributed by atoms with Gasteiger partial charge in [0.1, 0.15) is 0 Å². The van der Waals surface area contributed by atoms with E-state index in [1.807, 2.05) is 0 Å². The van der Waals surface area contributed by atoms with Crippen LogP contribution < -0.4 is 21.2 Å². The first-order chi connectivity index (χ1) is 22.0. The van der Waals surface area contributed by atoms with Gasteiger partial charge in [-0.2, -0.15) is 0 Å². The van der Waals surface area contributed by atoms with E-state index < -0.39 is 15.8 Å². The van der Waals surface area contributed by atoms with Crippen molar-refractivity contribution in [2.75, 3.05) is 0 Å². The van der Waals surface area contributed by atoms with E-state index >= 15 is 0 Å². The zero-order valence-corrected chi connectivity index (χ0v) is 35.5. The summed E-state index contributed by atoms with van der Waals surface area (Å²) in [4.78, 5) is 0. The number of benzene rings is 4. The van der Waals surface area contributed by atoms with E-state index in [9.17, 15) is 0 Å². The average Bonchev–Trinajstić information content (AvgIpc) is 3.68. The number of rotatable bonds is 7. The van der Waals surface area contributed by atoms with E-state index in [1.54, 1.807) is 21.2 Å². The van der Waals surface area contributed by atoms with Crippen LogP contribution >= 0.6 is 15.8 Å². The van der Waals surface area contributed by atoms with Crippen LogP contribution in [0.15, 0.2) is 72.8 Å². The van der Waals surface area contributed by atoms with Crippen LogP contribution in [0.5, 0.6) is 0 Å². The molecule has 3 heteroatoms. The predicted octanol–water partition coefficient (Wildman–Crippen LogP) is 12.1. The Morgan fingerprint density at radius 3 is 1.02 bits per heavy atom. The zero-order chi connectivity index (χ0) is 33.0. The molecule has 266 valence electrons. The van der Waals surface area contributed by atoms with Gasteiger partial charge in [-0.05, 0) is 123 Å². The summed E-state index contributed by atoms with van der Waals surface area (Å²) in [6.45, 7) is 20.8. The van der Waals surface area contributed by atoms with E-state index in [1.165, 1.54) is 95.9 Å². The quantitative estimate of drug-likeness (QED) is 0.101.